The van der Waals surface area contributed by atoms with Gasteiger partial charge in [-0.3, -0.25) is 9.36 Å². The number of furan rings is 1. The molecule has 1 fully saturated rings. The molecule has 164 valence electrons. The Bertz CT molecular complexity index is 1220. The van der Waals surface area contributed by atoms with Crippen LogP contribution >= 0.6 is 11.8 Å². The van der Waals surface area contributed by atoms with Gasteiger partial charge in [0.05, 0.1) is 18.6 Å². The zero-order chi connectivity index (χ0) is 22.1. The highest BCUT2D eigenvalue weighted by Crippen LogP contribution is 2.40. The van der Waals surface area contributed by atoms with Crippen LogP contribution in [0.25, 0.3) is 0 Å². The second-order valence-corrected chi connectivity index (χ2v) is 9.29. The number of Topliss-reactive ketones (excluding diaryl/α,β-unsaturated/α-hetero) is 1. The number of hydrogen-bond acceptors (Lipinski definition) is 5. The van der Waals surface area contributed by atoms with E-state index in [1.54, 1.807) is 6.26 Å². The van der Waals surface area contributed by atoms with E-state index in [1.807, 2.05) is 43.3 Å². The largest absolute Gasteiger partial charge is 0.467 e. The van der Waals surface area contributed by atoms with Crippen LogP contribution in [0, 0.1) is 13.8 Å². The summed E-state index contributed by atoms with van der Waals surface area (Å²) in [4.78, 5) is 13.1. The zero-order valence-electron chi connectivity index (χ0n) is 18.3. The highest BCUT2D eigenvalue weighted by Gasteiger charge is 2.31. The quantitative estimate of drug-likeness (QED) is 0.260. The number of carbonyl (C=O) groups excluding carboxylic acids is 1. The van der Waals surface area contributed by atoms with Gasteiger partial charge in [-0.15, -0.1) is 10.2 Å². The van der Waals surface area contributed by atoms with E-state index in [-0.39, 0.29) is 5.78 Å². The van der Waals surface area contributed by atoms with Gasteiger partial charge in [0.15, 0.2) is 10.9 Å². The highest BCUT2D eigenvalue weighted by molar-refractivity contribution is 7.99. The van der Waals surface area contributed by atoms with Crippen LogP contribution in [0.1, 0.15) is 57.7 Å². The molecule has 32 heavy (non-hydrogen) atoms. The van der Waals surface area contributed by atoms with Crippen LogP contribution in [-0.4, -0.2) is 30.9 Å². The molecule has 3 heterocycles. The minimum atomic E-state index is 0.114. The number of ketones is 1. The molecular formula is C25H26N4O2S. The van der Waals surface area contributed by atoms with Crippen molar-refractivity contribution in [2.75, 3.05) is 5.75 Å². The van der Waals surface area contributed by atoms with E-state index in [0.29, 0.717) is 18.2 Å². The van der Waals surface area contributed by atoms with Crippen molar-refractivity contribution in [1.29, 1.82) is 0 Å². The van der Waals surface area contributed by atoms with E-state index in [1.165, 1.54) is 17.3 Å². The van der Waals surface area contributed by atoms with Gasteiger partial charge in [-0.1, -0.05) is 42.1 Å². The van der Waals surface area contributed by atoms with Gasteiger partial charge in [-0.25, -0.2) is 0 Å². The summed E-state index contributed by atoms with van der Waals surface area (Å²) >= 11 is 1.45. The van der Waals surface area contributed by atoms with Crippen LogP contribution in [0.3, 0.4) is 0 Å². The topological polar surface area (TPSA) is 65.8 Å². The van der Waals surface area contributed by atoms with E-state index in [2.05, 4.69) is 38.4 Å². The lowest BCUT2D eigenvalue weighted by molar-refractivity contribution is 0.102. The lowest BCUT2D eigenvalue weighted by Gasteiger charge is -2.10. The van der Waals surface area contributed by atoms with Gasteiger partial charge >= 0.3 is 0 Å². The van der Waals surface area contributed by atoms with Crippen LogP contribution in [0.4, 0.5) is 0 Å². The first-order valence-electron chi connectivity index (χ1n) is 10.9. The Morgan fingerprint density at radius 1 is 1.06 bits per heavy atom. The van der Waals surface area contributed by atoms with Crippen molar-refractivity contribution in [3.63, 3.8) is 0 Å². The molecule has 0 N–H and O–H groups in total. The fraction of sp³-hybridized carbons (Fsp3) is 0.320. The number of rotatable bonds is 9. The molecule has 0 amide bonds. The molecule has 1 saturated carbocycles. The van der Waals surface area contributed by atoms with Crippen molar-refractivity contribution < 1.29 is 9.21 Å². The second-order valence-electron chi connectivity index (χ2n) is 8.35. The number of thioether (sulfide) groups is 1. The Balaban J connectivity index is 1.32. The normalized spacial score (nSPS) is 13.6. The second kappa shape index (κ2) is 8.82. The molecule has 5 rings (SSSR count). The van der Waals surface area contributed by atoms with Crippen LogP contribution in [0.15, 0.2) is 64.4 Å². The smallest absolute Gasteiger partial charge is 0.192 e. The zero-order valence-corrected chi connectivity index (χ0v) is 19.1. The maximum Gasteiger partial charge on any atom is 0.192 e. The number of aryl methyl sites for hydroxylation is 1. The Morgan fingerprint density at radius 3 is 2.59 bits per heavy atom. The molecule has 3 aromatic heterocycles. The monoisotopic (exact) mass is 446 g/mol. The Hall–Kier alpha value is -3.06. The summed E-state index contributed by atoms with van der Waals surface area (Å²) in [5.74, 6) is 2.78. The minimum absolute atomic E-state index is 0.114. The molecule has 0 aliphatic heterocycles. The molecule has 7 heteroatoms. The number of nitrogens with zero attached hydrogens (tertiary/aromatic N) is 4. The standard InChI is InChI=1S/C25H26N4O2S/c1-17-13-22(18(2)28(17)14-19-7-4-3-5-8-19)23(30)16-32-25-27-26-24(20-10-11-20)29(25)15-21-9-6-12-31-21/h3-9,12-13,20H,10-11,14-16H2,1-2H3. The Kier molecular flexibility index (Phi) is 5.74. The van der Waals surface area contributed by atoms with Gasteiger partial charge in [0.25, 0.3) is 0 Å². The summed E-state index contributed by atoms with van der Waals surface area (Å²) in [7, 11) is 0. The lowest BCUT2D eigenvalue weighted by Crippen LogP contribution is -2.09. The number of aromatic nitrogens is 4. The van der Waals surface area contributed by atoms with Crippen LogP contribution in [-0.2, 0) is 13.1 Å². The van der Waals surface area contributed by atoms with Gasteiger partial charge in [0.1, 0.15) is 11.6 Å². The summed E-state index contributed by atoms with van der Waals surface area (Å²) in [5.41, 5.74) is 4.11. The summed E-state index contributed by atoms with van der Waals surface area (Å²) in [6, 6.07) is 16.2. The molecule has 0 radical (unpaired) electrons. The van der Waals surface area contributed by atoms with Crippen molar-refractivity contribution in [3.05, 3.63) is 88.9 Å². The summed E-state index contributed by atoms with van der Waals surface area (Å²) in [5, 5.41) is 9.60. The fourth-order valence-corrected chi connectivity index (χ4v) is 4.89. The maximum absolute atomic E-state index is 13.1. The maximum atomic E-state index is 13.1. The molecule has 0 bridgehead atoms. The first-order chi connectivity index (χ1) is 15.6. The van der Waals surface area contributed by atoms with Crippen molar-refractivity contribution in [1.82, 2.24) is 19.3 Å². The number of hydrogen-bond donors (Lipinski definition) is 0. The van der Waals surface area contributed by atoms with E-state index >= 15 is 0 Å². The molecule has 6 nitrogen and oxygen atoms in total. The molecular weight excluding hydrogens is 420 g/mol. The number of carbonyl (C=O) groups is 1. The first kappa shape index (κ1) is 20.8. The first-order valence-corrected chi connectivity index (χ1v) is 11.9. The predicted octanol–water partition coefficient (Wildman–Crippen LogP) is 5.24. The molecule has 0 saturated heterocycles. The SMILES string of the molecule is Cc1cc(C(=O)CSc2nnc(C3CC3)n2Cc2ccco2)c(C)n1Cc1ccccc1. The average molecular weight is 447 g/mol. The molecule has 1 aliphatic rings. The van der Waals surface area contributed by atoms with Crippen molar-refractivity contribution >= 4 is 17.5 Å². The Labute approximate surface area is 191 Å². The Morgan fingerprint density at radius 2 is 1.88 bits per heavy atom. The molecule has 1 aliphatic carbocycles. The van der Waals surface area contributed by atoms with Gasteiger partial charge in [-0.05, 0) is 50.5 Å². The average Bonchev–Trinajstić information content (AvgIpc) is 3.24. The van der Waals surface area contributed by atoms with E-state index in [4.69, 9.17) is 4.42 Å². The third kappa shape index (κ3) is 4.30. The van der Waals surface area contributed by atoms with Gasteiger partial charge in [0, 0.05) is 29.4 Å². The van der Waals surface area contributed by atoms with Gasteiger partial charge in [0.2, 0.25) is 0 Å². The lowest BCUT2D eigenvalue weighted by atomic mass is 10.2. The minimum Gasteiger partial charge on any atom is -0.467 e. The molecule has 1 aromatic carbocycles. The van der Waals surface area contributed by atoms with E-state index in [0.717, 1.165) is 53.1 Å². The van der Waals surface area contributed by atoms with E-state index in [9.17, 15) is 4.79 Å². The van der Waals surface area contributed by atoms with Crippen molar-refractivity contribution in [3.8, 4) is 0 Å². The number of benzene rings is 1. The fourth-order valence-electron chi connectivity index (χ4n) is 4.06. The highest BCUT2D eigenvalue weighted by atomic mass is 32.2. The van der Waals surface area contributed by atoms with Crippen LogP contribution in [0.2, 0.25) is 0 Å². The van der Waals surface area contributed by atoms with Crippen LogP contribution < -0.4 is 0 Å². The summed E-state index contributed by atoms with van der Waals surface area (Å²) in [6.07, 6.45) is 3.97. The van der Waals surface area contributed by atoms with Gasteiger partial charge < -0.3 is 8.98 Å². The summed E-state index contributed by atoms with van der Waals surface area (Å²) < 4.78 is 9.85. The molecule has 4 aromatic rings. The van der Waals surface area contributed by atoms with Crippen molar-refractivity contribution in [2.45, 2.75) is 50.9 Å². The van der Waals surface area contributed by atoms with Crippen molar-refractivity contribution in [2.24, 2.45) is 0 Å². The van der Waals surface area contributed by atoms with Gasteiger partial charge in [-0.2, -0.15) is 0 Å². The predicted molar refractivity (Wildman–Crippen MR) is 124 cm³/mol. The third-order valence-corrected chi connectivity index (χ3v) is 6.94. The molecule has 0 atom stereocenters. The molecule has 0 unspecified atom stereocenters. The van der Waals surface area contributed by atoms with E-state index < -0.39 is 0 Å². The summed E-state index contributed by atoms with van der Waals surface area (Å²) in [6.45, 7) is 5.44. The van der Waals surface area contributed by atoms with Crippen LogP contribution in [0.5, 0.6) is 0 Å². The molecule has 0 spiro atoms. The third-order valence-electron chi connectivity index (χ3n) is 5.97.